The Bertz CT molecular complexity index is 578. The van der Waals surface area contributed by atoms with Crippen molar-refractivity contribution in [2.45, 2.75) is 33.4 Å². The molecule has 0 saturated carbocycles. The van der Waals surface area contributed by atoms with Gasteiger partial charge in [0.05, 0.1) is 6.54 Å². The molecular weight excluding hydrogens is 268 g/mol. The number of hydrogen-bond acceptors (Lipinski definition) is 3. The van der Waals surface area contributed by atoms with Gasteiger partial charge in [0, 0.05) is 10.6 Å². The van der Waals surface area contributed by atoms with Crippen LogP contribution in [0.15, 0.2) is 35.7 Å². The highest BCUT2D eigenvalue weighted by atomic mass is 32.1. The summed E-state index contributed by atoms with van der Waals surface area (Å²) in [5.41, 5.74) is 3.46. The van der Waals surface area contributed by atoms with Crippen molar-refractivity contribution in [2.24, 2.45) is 0 Å². The highest BCUT2D eigenvalue weighted by Crippen LogP contribution is 2.15. The molecule has 3 nitrogen and oxygen atoms in total. The quantitative estimate of drug-likeness (QED) is 0.884. The summed E-state index contributed by atoms with van der Waals surface area (Å²) in [7, 11) is 0. The molecular formula is C16H20N2OS. The first kappa shape index (κ1) is 14.6. The van der Waals surface area contributed by atoms with E-state index in [9.17, 15) is 4.79 Å². The van der Waals surface area contributed by atoms with Gasteiger partial charge >= 0.3 is 0 Å². The monoisotopic (exact) mass is 288 g/mol. The van der Waals surface area contributed by atoms with Gasteiger partial charge in [-0.25, -0.2) is 0 Å². The van der Waals surface area contributed by atoms with Crippen molar-refractivity contribution in [2.75, 3.05) is 5.32 Å². The maximum absolute atomic E-state index is 12.0. The van der Waals surface area contributed by atoms with Crippen LogP contribution in [0.25, 0.3) is 0 Å². The zero-order valence-electron chi connectivity index (χ0n) is 12.1. The molecule has 106 valence electrons. The van der Waals surface area contributed by atoms with Gasteiger partial charge in [0.2, 0.25) is 5.91 Å². The fourth-order valence-corrected chi connectivity index (χ4v) is 2.53. The number of carbonyl (C=O) groups excluding carboxylic acids is 1. The van der Waals surface area contributed by atoms with E-state index in [2.05, 4.69) is 36.6 Å². The molecule has 0 aliphatic carbocycles. The summed E-state index contributed by atoms with van der Waals surface area (Å²) in [4.78, 5) is 13.2. The Labute approximate surface area is 124 Å². The van der Waals surface area contributed by atoms with E-state index >= 15 is 0 Å². The molecule has 0 aliphatic rings. The Morgan fingerprint density at radius 1 is 1.25 bits per heavy atom. The lowest BCUT2D eigenvalue weighted by molar-refractivity contribution is -0.121. The summed E-state index contributed by atoms with van der Waals surface area (Å²) < 4.78 is 0. The number of aryl methyl sites for hydroxylation is 2. The molecule has 2 aromatic rings. The minimum atomic E-state index is -0.253. The van der Waals surface area contributed by atoms with Crippen molar-refractivity contribution >= 4 is 22.9 Å². The maximum Gasteiger partial charge on any atom is 0.242 e. The number of hydrogen-bond donors (Lipinski definition) is 2. The normalized spacial score (nSPS) is 11.9. The summed E-state index contributed by atoms with van der Waals surface area (Å²) in [5, 5.41) is 8.18. The Morgan fingerprint density at radius 3 is 2.70 bits per heavy atom. The van der Waals surface area contributed by atoms with Gasteiger partial charge in [-0.1, -0.05) is 12.1 Å². The molecule has 0 unspecified atom stereocenters. The molecule has 2 N–H and O–H groups in total. The molecule has 0 spiro atoms. The molecule has 0 fully saturated rings. The molecule has 1 amide bonds. The number of carbonyl (C=O) groups is 1. The standard InChI is InChI=1S/C16H20N2OS/c1-11-6-7-14(9-12(11)2)18-13(3)16(19)17-10-15-5-4-8-20-15/h4-9,13,18H,10H2,1-3H3,(H,17,19)/t13-/m1/s1. The summed E-state index contributed by atoms with van der Waals surface area (Å²) in [6.07, 6.45) is 0. The second-order valence-electron chi connectivity index (χ2n) is 4.96. The van der Waals surface area contributed by atoms with Crippen LogP contribution >= 0.6 is 11.3 Å². The van der Waals surface area contributed by atoms with Gasteiger partial charge in [0.25, 0.3) is 0 Å². The zero-order chi connectivity index (χ0) is 14.5. The first-order valence-electron chi connectivity index (χ1n) is 6.70. The predicted molar refractivity (Wildman–Crippen MR) is 85.2 cm³/mol. The van der Waals surface area contributed by atoms with Crippen LogP contribution in [0.4, 0.5) is 5.69 Å². The van der Waals surface area contributed by atoms with E-state index in [1.165, 1.54) is 11.1 Å². The largest absolute Gasteiger partial charge is 0.374 e. The number of anilines is 1. The van der Waals surface area contributed by atoms with E-state index in [0.29, 0.717) is 6.54 Å². The van der Waals surface area contributed by atoms with E-state index in [4.69, 9.17) is 0 Å². The van der Waals surface area contributed by atoms with Gasteiger partial charge in [-0.05, 0) is 55.5 Å². The summed E-state index contributed by atoms with van der Waals surface area (Å²) in [6, 6.07) is 9.89. The molecule has 2 rings (SSSR count). The zero-order valence-corrected chi connectivity index (χ0v) is 12.9. The molecule has 1 aromatic heterocycles. The minimum absolute atomic E-state index is 0.0108. The van der Waals surface area contributed by atoms with Crippen molar-refractivity contribution in [3.63, 3.8) is 0 Å². The van der Waals surface area contributed by atoms with Crippen LogP contribution in [0.5, 0.6) is 0 Å². The first-order valence-corrected chi connectivity index (χ1v) is 7.58. The van der Waals surface area contributed by atoms with Crippen molar-refractivity contribution < 1.29 is 4.79 Å². The summed E-state index contributed by atoms with van der Waals surface area (Å²) in [5.74, 6) is 0.0108. The Hall–Kier alpha value is -1.81. The Balaban J connectivity index is 1.88. The highest BCUT2D eigenvalue weighted by Gasteiger charge is 2.12. The van der Waals surface area contributed by atoms with E-state index in [1.807, 2.05) is 30.5 Å². The van der Waals surface area contributed by atoms with Crippen molar-refractivity contribution in [3.05, 3.63) is 51.7 Å². The van der Waals surface area contributed by atoms with Gasteiger partial charge in [-0.2, -0.15) is 0 Å². The molecule has 1 atom stereocenters. The van der Waals surface area contributed by atoms with Gasteiger partial charge in [-0.15, -0.1) is 11.3 Å². The van der Waals surface area contributed by atoms with E-state index < -0.39 is 0 Å². The fourth-order valence-electron chi connectivity index (χ4n) is 1.89. The van der Waals surface area contributed by atoms with Gasteiger partial charge in [0.15, 0.2) is 0 Å². The number of thiophene rings is 1. The lowest BCUT2D eigenvalue weighted by atomic mass is 10.1. The molecule has 0 aliphatic heterocycles. The van der Waals surface area contributed by atoms with Gasteiger partial charge < -0.3 is 10.6 Å². The highest BCUT2D eigenvalue weighted by molar-refractivity contribution is 7.09. The summed E-state index contributed by atoms with van der Waals surface area (Å²) >= 11 is 1.65. The fraction of sp³-hybridized carbons (Fsp3) is 0.312. The molecule has 0 saturated heterocycles. The molecule has 0 radical (unpaired) electrons. The van der Waals surface area contributed by atoms with Crippen molar-refractivity contribution in [1.29, 1.82) is 0 Å². The van der Waals surface area contributed by atoms with Crippen LogP contribution in [0.1, 0.15) is 22.9 Å². The van der Waals surface area contributed by atoms with Gasteiger partial charge in [-0.3, -0.25) is 4.79 Å². The third-order valence-corrected chi connectivity index (χ3v) is 4.18. The van der Waals surface area contributed by atoms with Crippen LogP contribution < -0.4 is 10.6 Å². The van der Waals surface area contributed by atoms with E-state index in [-0.39, 0.29) is 11.9 Å². The first-order chi connectivity index (χ1) is 9.56. The van der Waals surface area contributed by atoms with Crippen LogP contribution in [0.3, 0.4) is 0 Å². The molecule has 1 aromatic carbocycles. The summed E-state index contributed by atoms with van der Waals surface area (Å²) in [6.45, 7) is 6.62. The average Bonchev–Trinajstić information content (AvgIpc) is 2.93. The second kappa shape index (κ2) is 6.57. The van der Waals surface area contributed by atoms with Crippen molar-refractivity contribution in [3.8, 4) is 0 Å². The van der Waals surface area contributed by atoms with E-state index in [0.717, 1.165) is 10.6 Å². The Kier molecular flexibility index (Phi) is 4.79. The predicted octanol–water partition coefficient (Wildman–Crippen LogP) is 3.48. The van der Waals surface area contributed by atoms with Crippen LogP contribution in [-0.2, 0) is 11.3 Å². The van der Waals surface area contributed by atoms with Crippen LogP contribution in [0, 0.1) is 13.8 Å². The number of rotatable bonds is 5. The minimum Gasteiger partial charge on any atom is -0.374 e. The van der Waals surface area contributed by atoms with Crippen LogP contribution in [-0.4, -0.2) is 11.9 Å². The molecule has 0 bridgehead atoms. The lowest BCUT2D eigenvalue weighted by Gasteiger charge is -2.16. The smallest absolute Gasteiger partial charge is 0.242 e. The Morgan fingerprint density at radius 2 is 2.05 bits per heavy atom. The maximum atomic E-state index is 12.0. The third-order valence-electron chi connectivity index (χ3n) is 3.30. The SMILES string of the molecule is Cc1ccc(N[C@H](C)C(=O)NCc2cccs2)cc1C. The number of amides is 1. The average molecular weight is 288 g/mol. The number of benzene rings is 1. The van der Waals surface area contributed by atoms with E-state index in [1.54, 1.807) is 11.3 Å². The molecule has 4 heteroatoms. The molecule has 1 heterocycles. The third kappa shape index (κ3) is 3.84. The topological polar surface area (TPSA) is 41.1 Å². The lowest BCUT2D eigenvalue weighted by Crippen LogP contribution is -2.37. The number of nitrogens with one attached hydrogen (secondary N) is 2. The molecule has 20 heavy (non-hydrogen) atoms. The van der Waals surface area contributed by atoms with Crippen LogP contribution in [0.2, 0.25) is 0 Å². The van der Waals surface area contributed by atoms with Crippen molar-refractivity contribution in [1.82, 2.24) is 5.32 Å². The second-order valence-corrected chi connectivity index (χ2v) is 5.99. The van der Waals surface area contributed by atoms with Gasteiger partial charge in [0.1, 0.15) is 6.04 Å².